The van der Waals surface area contributed by atoms with Crippen molar-refractivity contribution in [3.63, 3.8) is 0 Å². The van der Waals surface area contributed by atoms with Crippen LogP contribution in [0.2, 0.25) is 0 Å². The van der Waals surface area contributed by atoms with Crippen molar-refractivity contribution in [2.75, 3.05) is 26.2 Å². The van der Waals surface area contributed by atoms with Crippen LogP contribution in [0.15, 0.2) is 29.2 Å². The van der Waals surface area contributed by atoms with Crippen molar-refractivity contribution in [2.45, 2.75) is 50.0 Å². The van der Waals surface area contributed by atoms with Gasteiger partial charge in [-0.15, -0.1) is 12.4 Å². The predicted molar refractivity (Wildman–Crippen MR) is 99.2 cm³/mol. The number of halogens is 1. The summed E-state index contributed by atoms with van der Waals surface area (Å²) < 4.78 is 32.7. The normalized spacial score (nSPS) is 17.0. The zero-order valence-electron chi connectivity index (χ0n) is 14.5. The van der Waals surface area contributed by atoms with Crippen molar-refractivity contribution < 1.29 is 13.2 Å². The Bertz CT molecular complexity index is 582. The standard InChI is InChI=1S/C17H28N2O3S.ClH/c1-14(2)15-4-6-17(7-5-15)23(20,21)19-11-8-16(9-12-19)22-13-3-10-18;/h4-7,14,16H,3,8-13,18H2,1-2H3;1H. The van der Waals surface area contributed by atoms with Gasteiger partial charge >= 0.3 is 0 Å². The zero-order valence-corrected chi connectivity index (χ0v) is 16.1. The monoisotopic (exact) mass is 376 g/mol. The second kappa shape index (κ2) is 9.73. The summed E-state index contributed by atoms with van der Waals surface area (Å²) in [5, 5.41) is 0. The minimum Gasteiger partial charge on any atom is -0.378 e. The van der Waals surface area contributed by atoms with Crippen molar-refractivity contribution in [1.29, 1.82) is 0 Å². The highest BCUT2D eigenvalue weighted by molar-refractivity contribution is 7.89. The fraction of sp³-hybridized carbons (Fsp3) is 0.647. The van der Waals surface area contributed by atoms with E-state index in [1.165, 1.54) is 0 Å². The van der Waals surface area contributed by atoms with Crippen LogP contribution in [0.1, 0.15) is 44.6 Å². The van der Waals surface area contributed by atoms with E-state index in [0.29, 0.717) is 37.1 Å². The van der Waals surface area contributed by atoms with Gasteiger partial charge in [0.15, 0.2) is 0 Å². The highest BCUT2D eigenvalue weighted by Crippen LogP contribution is 2.24. The van der Waals surface area contributed by atoms with E-state index in [0.717, 1.165) is 24.8 Å². The molecule has 138 valence electrons. The first-order valence-corrected chi connectivity index (χ1v) is 9.81. The van der Waals surface area contributed by atoms with Gasteiger partial charge in [0.2, 0.25) is 10.0 Å². The molecule has 1 aromatic rings. The fourth-order valence-corrected chi connectivity index (χ4v) is 4.22. The number of rotatable bonds is 7. The Kier molecular flexibility index (Phi) is 8.67. The van der Waals surface area contributed by atoms with Gasteiger partial charge in [0, 0.05) is 19.7 Å². The summed E-state index contributed by atoms with van der Waals surface area (Å²) in [5.41, 5.74) is 6.60. The Labute approximate surface area is 152 Å². The van der Waals surface area contributed by atoms with Crippen LogP contribution >= 0.6 is 12.4 Å². The van der Waals surface area contributed by atoms with E-state index in [2.05, 4.69) is 13.8 Å². The van der Waals surface area contributed by atoms with E-state index in [1.807, 2.05) is 12.1 Å². The molecule has 24 heavy (non-hydrogen) atoms. The highest BCUT2D eigenvalue weighted by atomic mass is 35.5. The van der Waals surface area contributed by atoms with E-state index in [9.17, 15) is 8.42 Å². The summed E-state index contributed by atoms with van der Waals surface area (Å²) in [6, 6.07) is 7.24. The Hall–Kier alpha value is -0.660. The van der Waals surface area contributed by atoms with Crippen LogP contribution in [-0.4, -0.2) is 45.1 Å². The van der Waals surface area contributed by atoms with E-state index >= 15 is 0 Å². The first-order chi connectivity index (χ1) is 10.9. The molecule has 2 N–H and O–H groups in total. The Balaban J connectivity index is 0.00000288. The van der Waals surface area contributed by atoms with Gasteiger partial charge in [-0.2, -0.15) is 4.31 Å². The van der Waals surface area contributed by atoms with Gasteiger partial charge in [-0.3, -0.25) is 0 Å². The molecule has 2 rings (SSSR count). The molecule has 7 heteroatoms. The molecule has 0 saturated carbocycles. The minimum atomic E-state index is -3.40. The number of hydrogen-bond donors (Lipinski definition) is 1. The first-order valence-electron chi connectivity index (χ1n) is 8.37. The maximum Gasteiger partial charge on any atom is 0.243 e. The zero-order chi connectivity index (χ0) is 16.9. The first kappa shape index (κ1) is 21.4. The molecule has 1 aliphatic rings. The summed E-state index contributed by atoms with van der Waals surface area (Å²) in [5.74, 6) is 0.396. The molecular formula is C17H29ClN2O3S. The molecule has 0 spiro atoms. The van der Waals surface area contributed by atoms with Crippen LogP contribution in [0.4, 0.5) is 0 Å². The summed E-state index contributed by atoms with van der Waals surface area (Å²) in [6.07, 6.45) is 2.49. The molecule has 1 fully saturated rings. The van der Waals surface area contributed by atoms with Gasteiger partial charge in [-0.25, -0.2) is 8.42 Å². The van der Waals surface area contributed by atoms with E-state index < -0.39 is 10.0 Å². The minimum absolute atomic E-state index is 0. The van der Waals surface area contributed by atoms with Crippen LogP contribution in [0.25, 0.3) is 0 Å². The Morgan fingerprint density at radius 2 is 1.79 bits per heavy atom. The quantitative estimate of drug-likeness (QED) is 0.742. The van der Waals surface area contributed by atoms with Crippen LogP contribution in [-0.2, 0) is 14.8 Å². The third-order valence-electron chi connectivity index (χ3n) is 4.29. The summed E-state index contributed by atoms with van der Waals surface area (Å²) >= 11 is 0. The van der Waals surface area contributed by atoms with Crippen molar-refractivity contribution in [1.82, 2.24) is 4.31 Å². The summed E-state index contributed by atoms with van der Waals surface area (Å²) in [6.45, 7) is 6.51. The topological polar surface area (TPSA) is 72.6 Å². The molecule has 0 atom stereocenters. The Morgan fingerprint density at radius 3 is 2.29 bits per heavy atom. The van der Waals surface area contributed by atoms with Gasteiger partial charge in [-0.05, 0) is 49.4 Å². The second-order valence-corrected chi connectivity index (χ2v) is 8.28. The fourth-order valence-electron chi connectivity index (χ4n) is 2.75. The van der Waals surface area contributed by atoms with E-state index in [-0.39, 0.29) is 18.5 Å². The lowest BCUT2D eigenvalue weighted by atomic mass is 10.0. The Morgan fingerprint density at radius 1 is 1.21 bits per heavy atom. The molecule has 0 amide bonds. The number of benzene rings is 1. The molecule has 0 aliphatic carbocycles. The summed E-state index contributed by atoms with van der Waals surface area (Å²) in [4.78, 5) is 0.379. The molecule has 0 bridgehead atoms. The third kappa shape index (κ3) is 5.43. The van der Waals surface area contributed by atoms with Crippen LogP contribution in [0.5, 0.6) is 0 Å². The van der Waals surface area contributed by atoms with E-state index in [4.69, 9.17) is 10.5 Å². The molecule has 1 heterocycles. The smallest absolute Gasteiger partial charge is 0.243 e. The molecule has 0 aromatic heterocycles. The van der Waals surface area contributed by atoms with Gasteiger partial charge in [0.1, 0.15) is 0 Å². The number of hydrogen-bond acceptors (Lipinski definition) is 4. The number of piperidine rings is 1. The molecule has 0 radical (unpaired) electrons. The third-order valence-corrected chi connectivity index (χ3v) is 6.20. The molecule has 1 aliphatic heterocycles. The van der Waals surface area contributed by atoms with Crippen molar-refractivity contribution >= 4 is 22.4 Å². The maximum absolute atomic E-state index is 12.7. The highest BCUT2D eigenvalue weighted by Gasteiger charge is 2.29. The largest absolute Gasteiger partial charge is 0.378 e. The number of nitrogens with two attached hydrogens (primary N) is 1. The number of sulfonamides is 1. The summed E-state index contributed by atoms with van der Waals surface area (Å²) in [7, 11) is -3.40. The molecule has 1 saturated heterocycles. The van der Waals surface area contributed by atoms with Gasteiger partial charge in [-0.1, -0.05) is 26.0 Å². The maximum atomic E-state index is 12.7. The lowest BCUT2D eigenvalue weighted by molar-refractivity contribution is 0.0209. The average molecular weight is 377 g/mol. The van der Waals surface area contributed by atoms with Crippen molar-refractivity contribution in [2.24, 2.45) is 5.73 Å². The molecule has 0 unspecified atom stereocenters. The van der Waals surface area contributed by atoms with Crippen molar-refractivity contribution in [3.8, 4) is 0 Å². The molecule has 5 nitrogen and oxygen atoms in total. The van der Waals surface area contributed by atoms with Crippen LogP contribution in [0, 0.1) is 0 Å². The number of nitrogens with zero attached hydrogens (tertiary/aromatic N) is 1. The van der Waals surface area contributed by atoms with Gasteiger partial charge < -0.3 is 10.5 Å². The van der Waals surface area contributed by atoms with E-state index in [1.54, 1.807) is 16.4 Å². The SMILES string of the molecule is CC(C)c1ccc(S(=O)(=O)N2CCC(OCCCN)CC2)cc1.Cl. The second-order valence-electron chi connectivity index (χ2n) is 6.34. The van der Waals surface area contributed by atoms with Gasteiger partial charge in [0.05, 0.1) is 11.0 Å². The van der Waals surface area contributed by atoms with Crippen LogP contribution in [0.3, 0.4) is 0 Å². The predicted octanol–water partition coefficient (Wildman–Crippen LogP) is 2.75. The lowest BCUT2D eigenvalue weighted by Gasteiger charge is -2.31. The average Bonchev–Trinajstić information content (AvgIpc) is 2.55. The lowest BCUT2D eigenvalue weighted by Crippen LogP contribution is -2.41. The van der Waals surface area contributed by atoms with Crippen molar-refractivity contribution in [3.05, 3.63) is 29.8 Å². The van der Waals surface area contributed by atoms with Crippen LogP contribution < -0.4 is 5.73 Å². The number of ether oxygens (including phenoxy) is 1. The molecule has 1 aromatic carbocycles. The molecular weight excluding hydrogens is 348 g/mol. The van der Waals surface area contributed by atoms with Gasteiger partial charge in [0.25, 0.3) is 0 Å².